The zero-order valence-corrected chi connectivity index (χ0v) is 15.0. The van der Waals surface area contributed by atoms with E-state index in [1.54, 1.807) is 11.1 Å². The predicted octanol–water partition coefficient (Wildman–Crippen LogP) is 3.89. The smallest absolute Gasteiger partial charge is 0.334 e. The fraction of sp³-hybridized carbons (Fsp3) is 0.421. The highest BCUT2D eigenvalue weighted by Gasteiger charge is 2.30. The van der Waals surface area contributed by atoms with Crippen LogP contribution >= 0.6 is 0 Å². The number of amides is 2. The molecular formula is C19H21F3N4O. The second-order valence-electron chi connectivity index (χ2n) is 6.64. The van der Waals surface area contributed by atoms with Crippen molar-refractivity contribution in [2.75, 3.05) is 13.1 Å². The molecule has 2 aromatic rings. The Morgan fingerprint density at radius 3 is 2.44 bits per heavy atom. The maximum atomic E-state index is 12.6. The molecule has 1 aliphatic heterocycles. The molecule has 0 unspecified atom stereocenters. The summed E-state index contributed by atoms with van der Waals surface area (Å²) in [5.41, 5.74) is 0.939. The average Bonchev–Trinajstić information content (AvgIpc) is 2.66. The van der Waals surface area contributed by atoms with Crippen LogP contribution in [-0.4, -0.2) is 34.0 Å². The van der Waals surface area contributed by atoms with E-state index in [9.17, 15) is 18.0 Å². The van der Waals surface area contributed by atoms with E-state index in [-0.39, 0.29) is 12.6 Å². The number of carbonyl (C=O) groups is 1. The fourth-order valence-electron chi connectivity index (χ4n) is 3.18. The van der Waals surface area contributed by atoms with Crippen LogP contribution < -0.4 is 5.32 Å². The highest BCUT2D eigenvalue weighted by Crippen LogP contribution is 2.29. The Hall–Kier alpha value is -2.64. The van der Waals surface area contributed by atoms with Gasteiger partial charge in [-0.15, -0.1) is 0 Å². The Balaban J connectivity index is 1.48. The van der Waals surface area contributed by atoms with Crippen LogP contribution in [0.1, 0.15) is 41.4 Å². The number of aromatic nitrogens is 2. The summed E-state index contributed by atoms with van der Waals surface area (Å²) in [5.74, 6) is 1.05. The van der Waals surface area contributed by atoms with Gasteiger partial charge in [-0.1, -0.05) is 12.1 Å². The number of benzene rings is 1. The predicted molar refractivity (Wildman–Crippen MR) is 94.0 cm³/mol. The highest BCUT2D eigenvalue weighted by molar-refractivity contribution is 5.74. The molecule has 3 rings (SSSR count). The van der Waals surface area contributed by atoms with Crippen molar-refractivity contribution in [3.8, 4) is 0 Å². The van der Waals surface area contributed by atoms with E-state index in [0.717, 1.165) is 36.5 Å². The summed E-state index contributed by atoms with van der Waals surface area (Å²) in [6.07, 6.45) is -0.955. The van der Waals surface area contributed by atoms with Gasteiger partial charge in [0.1, 0.15) is 5.82 Å². The molecule has 1 fully saturated rings. The quantitative estimate of drug-likeness (QED) is 0.882. The molecule has 1 aromatic heterocycles. The molecule has 0 spiro atoms. The summed E-state index contributed by atoms with van der Waals surface area (Å²) in [6, 6.07) is 6.53. The Labute approximate surface area is 155 Å². The third-order valence-corrected chi connectivity index (χ3v) is 4.72. The first-order chi connectivity index (χ1) is 12.8. The largest absolute Gasteiger partial charge is 0.416 e. The first kappa shape index (κ1) is 19.1. The van der Waals surface area contributed by atoms with Crippen LogP contribution in [0.5, 0.6) is 0 Å². The van der Waals surface area contributed by atoms with Crippen molar-refractivity contribution in [2.24, 2.45) is 0 Å². The van der Waals surface area contributed by atoms with Gasteiger partial charge in [-0.05, 0) is 43.5 Å². The minimum absolute atomic E-state index is 0.196. The number of likely N-dealkylation sites (tertiary alicyclic amines) is 1. The van der Waals surface area contributed by atoms with E-state index >= 15 is 0 Å². The zero-order valence-electron chi connectivity index (χ0n) is 15.0. The molecule has 1 saturated heterocycles. The molecule has 5 nitrogen and oxygen atoms in total. The summed E-state index contributed by atoms with van der Waals surface area (Å²) < 4.78 is 37.7. The van der Waals surface area contributed by atoms with Crippen molar-refractivity contribution in [3.05, 3.63) is 59.2 Å². The molecule has 8 heteroatoms. The standard InChI is InChI=1S/C19H21F3N4O/c1-13-23-9-6-17(25-13)15-7-10-26(11-8-15)18(27)24-12-14-2-4-16(5-3-14)19(20,21)22/h2-6,9,15H,7-8,10-12H2,1H3,(H,24,27). The number of carbonyl (C=O) groups excluding carboxylic acids is 1. The van der Waals surface area contributed by atoms with Crippen LogP contribution in [0.2, 0.25) is 0 Å². The van der Waals surface area contributed by atoms with Gasteiger partial charge in [0.2, 0.25) is 0 Å². The van der Waals surface area contributed by atoms with Gasteiger partial charge in [-0.3, -0.25) is 0 Å². The van der Waals surface area contributed by atoms with Crippen molar-refractivity contribution in [3.63, 3.8) is 0 Å². The van der Waals surface area contributed by atoms with Gasteiger partial charge < -0.3 is 10.2 Å². The van der Waals surface area contributed by atoms with Crippen LogP contribution in [0.25, 0.3) is 0 Å². The molecular weight excluding hydrogens is 357 g/mol. The van der Waals surface area contributed by atoms with Gasteiger partial charge in [0.25, 0.3) is 0 Å². The van der Waals surface area contributed by atoms with Gasteiger partial charge in [0.05, 0.1) is 5.56 Å². The monoisotopic (exact) mass is 378 g/mol. The third-order valence-electron chi connectivity index (χ3n) is 4.72. The van der Waals surface area contributed by atoms with Crippen LogP contribution in [0.3, 0.4) is 0 Å². The van der Waals surface area contributed by atoms with Crippen molar-refractivity contribution < 1.29 is 18.0 Å². The molecule has 1 N–H and O–H groups in total. The number of aryl methyl sites for hydroxylation is 1. The molecule has 0 atom stereocenters. The van der Waals surface area contributed by atoms with E-state index < -0.39 is 11.7 Å². The van der Waals surface area contributed by atoms with E-state index in [1.165, 1.54) is 12.1 Å². The molecule has 27 heavy (non-hydrogen) atoms. The Morgan fingerprint density at radius 1 is 1.19 bits per heavy atom. The number of urea groups is 1. The molecule has 0 aliphatic carbocycles. The van der Waals surface area contributed by atoms with Crippen molar-refractivity contribution in [1.29, 1.82) is 0 Å². The van der Waals surface area contributed by atoms with Crippen molar-refractivity contribution in [2.45, 2.75) is 38.4 Å². The summed E-state index contributed by atoms with van der Waals surface area (Å²) in [7, 11) is 0. The van der Waals surface area contributed by atoms with E-state index in [1.807, 2.05) is 13.0 Å². The lowest BCUT2D eigenvalue weighted by Crippen LogP contribution is -2.43. The summed E-state index contributed by atoms with van der Waals surface area (Å²) in [4.78, 5) is 22.6. The van der Waals surface area contributed by atoms with E-state index in [2.05, 4.69) is 15.3 Å². The number of hydrogen-bond acceptors (Lipinski definition) is 3. The topological polar surface area (TPSA) is 58.1 Å². The Bertz CT molecular complexity index is 784. The average molecular weight is 378 g/mol. The van der Waals surface area contributed by atoms with Crippen LogP contribution in [0.15, 0.2) is 36.5 Å². The highest BCUT2D eigenvalue weighted by atomic mass is 19.4. The first-order valence-corrected chi connectivity index (χ1v) is 8.81. The summed E-state index contributed by atoms with van der Waals surface area (Å²) >= 11 is 0. The normalized spacial score (nSPS) is 15.6. The number of alkyl halides is 3. The lowest BCUT2D eigenvalue weighted by Gasteiger charge is -2.31. The molecule has 0 bridgehead atoms. The number of hydrogen-bond donors (Lipinski definition) is 1. The second kappa shape index (κ2) is 7.94. The Morgan fingerprint density at radius 2 is 1.85 bits per heavy atom. The zero-order chi connectivity index (χ0) is 19.4. The van der Waals surface area contributed by atoms with Crippen molar-refractivity contribution >= 4 is 6.03 Å². The maximum absolute atomic E-state index is 12.6. The molecule has 1 aromatic carbocycles. The van der Waals surface area contributed by atoms with E-state index in [4.69, 9.17) is 0 Å². The first-order valence-electron chi connectivity index (χ1n) is 8.81. The van der Waals surface area contributed by atoms with Crippen LogP contribution in [0, 0.1) is 6.92 Å². The minimum atomic E-state index is -4.35. The molecule has 144 valence electrons. The summed E-state index contributed by atoms with van der Waals surface area (Å²) in [5, 5.41) is 2.77. The lowest BCUT2D eigenvalue weighted by molar-refractivity contribution is -0.137. The van der Waals surface area contributed by atoms with E-state index in [0.29, 0.717) is 24.6 Å². The SMILES string of the molecule is Cc1nccc(C2CCN(C(=O)NCc3ccc(C(F)(F)F)cc3)CC2)n1. The van der Waals surface area contributed by atoms with Crippen LogP contribution in [-0.2, 0) is 12.7 Å². The number of nitrogens with one attached hydrogen (secondary N) is 1. The maximum Gasteiger partial charge on any atom is 0.416 e. The van der Waals surface area contributed by atoms with Gasteiger partial charge in [0.15, 0.2) is 0 Å². The number of nitrogens with zero attached hydrogens (tertiary/aromatic N) is 3. The minimum Gasteiger partial charge on any atom is -0.334 e. The van der Waals surface area contributed by atoms with Gasteiger partial charge in [-0.2, -0.15) is 13.2 Å². The summed E-state index contributed by atoms with van der Waals surface area (Å²) in [6.45, 7) is 3.29. The fourth-order valence-corrected chi connectivity index (χ4v) is 3.18. The molecule has 1 aliphatic rings. The second-order valence-corrected chi connectivity index (χ2v) is 6.64. The van der Waals surface area contributed by atoms with Gasteiger partial charge in [-0.25, -0.2) is 14.8 Å². The number of rotatable bonds is 3. The number of halogens is 3. The Kier molecular flexibility index (Phi) is 5.62. The lowest BCUT2D eigenvalue weighted by atomic mass is 9.93. The third kappa shape index (κ3) is 4.96. The molecule has 0 radical (unpaired) electrons. The van der Waals surface area contributed by atoms with Crippen molar-refractivity contribution in [1.82, 2.24) is 20.2 Å². The number of piperidine rings is 1. The molecule has 2 amide bonds. The molecule has 0 saturated carbocycles. The van der Waals surface area contributed by atoms with Gasteiger partial charge >= 0.3 is 12.2 Å². The van der Waals surface area contributed by atoms with Crippen LogP contribution in [0.4, 0.5) is 18.0 Å². The van der Waals surface area contributed by atoms with Gasteiger partial charge in [0, 0.05) is 37.4 Å². The molecule has 2 heterocycles.